The summed E-state index contributed by atoms with van der Waals surface area (Å²) in [6.45, 7) is 1.46. The molecule has 0 fully saturated rings. The van der Waals surface area contributed by atoms with Crippen molar-refractivity contribution in [2.75, 3.05) is 7.11 Å². The van der Waals surface area contributed by atoms with E-state index in [0.29, 0.717) is 16.5 Å². The molecule has 0 saturated heterocycles. The summed E-state index contributed by atoms with van der Waals surface area (Å²) in [6, 6.07) is 14.5. The van der Waals surface area contributed by atoms with Gasteiger partial charge in [-0.05, 0) is 42.0 Å². The Balaban J connectivity index is 1.73. The number of pyridine rings is 1. The Bertz CT molecular complexity index is 1630. The molecule has 0 aliphatic heterocycles. The zero-order valence-electron chi connectivity index (χ0n) is 20.4. The largest absolute Gasteiger partial charge is 0.469 e. The molecular formula is C26H23ClFN5O5. The minimum absolute atomic E-state index is 0.0000741. The molecule has 4 aromatic rings. The molecule has 0 amide bonds. The van der Waals surface area contributed by atoms with Crippen molar-refractivity contribution in [1.29, 1.82) is 0 Å². The highest BCUT2D eigenvalue weighted by atomic mass is 35.5. The lowest BCUT2D eigenvalue weighted by atomic mass is 10.2. The van der Waals surface area contributed by atoms with Crippen LogP contribution in [0.25, 0.3) is 0 Å². The van der Waals surface area contributed by atoms with Crippen molar-refractivity contribution in [3.8, 4) is 11.5 Å². The van der Waals surface area contributed by atoms with Gasteiger partial charge in [0, 0.05) is 17.6 Å². The number of halogens is 2. The second-order valence-corrected chi connectivity index (χ2v) is 8.77. The molecule has 1 N–H and O–H groups in total. The summed E-state index contributed by atoms with van der Waals surface area (Å²) < 4.78 is 25.9. The molecule has 0 spiro atoms. The second kappa shape index (κ2) is 11.7. The molecule has 2 heterocycles. The van der Waals surface area contributed by atoms with E-state index in [2.05, 4.69) is 15.0 Å². The molecule has 0 unspecified atom stereocenters. The van der Waals surface area contributed by atoms with E-state index in [0.717, 1.165) is 16.3 Å². The fourth-order valence-electron chi connectivity index (χ4n) is 3.56. The van der Waals surface area contributed by atoms with Gasteiger partial charge in [0.25, 0.3) is 0 Å². The van der Waals surface area contributed by atoms with E-state index in [4.69, 9.17) is 21.1 Å². The fraction of sp³-hybridized carbons (Fsp3) is 0.192. The zero-order chi connectivity index (χ0) is 27.2. The maximum absolute atomic E-state index is 13.4. The van der Waals surface area contributed by atoms with Crippen LogP contribution in [-0.2, 0) is 22.6 Å². The van der Waals surface area contributed by atoms with Crippen LogP contribution in [0.1, 0.15) is 12.5 Å². The van der Waals surface area contributed by atoms with Crippen LogP contribution < -0.4 is 21.7 Å². The standard InChI is InChI=1S/C26H23ClFN5O5/c1-16(23(34)37-2)14-33-25(35)31-24(32(26(33)36)15-17-3-5-18(27)6-4-17)30-20-7-9-21(10-8-20)38-22-11-19(28)12-29-13-22/h3-13,16H,14-15H2,1-2H3,(H,30,31,35)/t16-/m0/s1. The van der Waals surface area contributed by atoms with Crippen molar-refractivity contribution >= 4 is 23.3 Å². The van der Waals surface area contributed by atoms with Crippen LogP contribution in [0.2, 0.25) is 5.02 Å². The van der Waals surface area contributed by atoms with Gasteiger partial charge in [-0.2, -0.15) is 0 Å². The van der Waals surface area contributed by atoms with Crippen LogP contribution in [0.3, 0.4) is 0 Å². The fourth-order valence-corrected chi connectivity index (χ4v) is 3.69. The maximum atomic E-state index is 13.4. The molecule has 4 rings (SSSR count). The van der Waals surface area contributed by atoms with Gasteiger partial charge in [0.05, 0.1) is 37.7 Å². The van der Waals surface area contributed by atoms with Gasteiger partial charge in [-0.25, -0.2) is 23.5 Å². The number of carbonyl (C=O) groups excluding carboxylic acids is 1. The normalized spacial score (nSPS) is 12.3. The minimum atomic E-state index is -0.730. The van der Waals surface area contributed by atoms with Gasteiger partial charge in [0.15, 0.2) is 0 Å². The molecule has 0 aliphatic carbocycles. The van der Waals surface area contributed by atoms with Gasteiger partial charge < -0.3 is 9.47 Å². The first-order valence-corrected chi connectivity index (χ1v) is 11.8. The van der Waals surface area contributed by atoms with Crippen LogP contribution in [0.4, 0.5) is 10.1 Å². The number of benzene rings is 2. The van der Waals surface area contributed by atoms with Crippen molar-refractivity contribution in [3.63, 3.8) is 0 Å². The molecule has 2 aromatic carbocycles. The van der Waals surface area contributed by atoms with Crippen molar-refractivity contribution in [1.82, 2.24) is 19.1 Å². The SMILES string of the molecule is COC(=O)[C@@H](C)Cn1c(=O)[nH]/c(=N\c2ccc(Oc3cncc(F)c3)cc2)n(Cc2ccc(Cl)cc2)c1=O. The van der Waals surface area contributed by atoms with E-state index in [1.54, 1.807) is 55.5 Å². The van der Waals surface area contributed by atoms with Crippen LogP contribution in [0.15, 0.2) is 81.6 Å². The van der Waals surface area contributed by atoms with Gasteiger partial charge in [0.2, 0.25) is 5.62 Å². The monoisotopic (exact) mass is 539 g/mol. The van der Waals surface area contributed by atoms with Crippen molar-refractivity contribution in [2.24, 2.45) is 10.9 Å². The first kappa shape index (κ1) is 26.6. The lowest BCUT2D eigenvalue weighted by Gasteiger charge is -2.14. The Morgan fingerprint density at radius 3 is 2.45 bits per heavy atom. The van der Waals surface area contributed by atoms with Gasteiger partial charge in [0.1, 0.15) is 17.3 Å². The number of nitrogens with one attached hydrogen (secondary N) is 1. The third-order valence-corrected chi connectivity index (χ3v) is 5.73. The Morgan fingerprint density at radius 2 is 1.79 bits per heavy atom. The van der Waals surface area contributed by atoms with E-state index in [-0.39, 0.29) is 24.5 Å². The quantitative estimate of drug-likeness (QED) is 0.343. The molecule has 38 heavy (non-hydrogen) atoms. The predicted octanol–water partition coefficient (Wildman–Crippen LogP) is 3.41. The lowest BCUT2D eigenvalue weighted by Crippen LogP contribution is -2.51. The highest BCUT2D eigenvalue weighted by Gasteiger charge is 2.18. The van der Waals surface area contributed by atoms with E-state index in [1.165, 1.54) is 23.9 Å². The Hall–Kier alpha value is -4.51. The highest BCUT2D eigenvalue weighted by molar-refractivity contribution is 6.30. The number of aromatic amines is 1. The van der Waals surface area contributed by atoms with E-state index >= 15 is 0 Å². The molecule has 0 aliphatic rings. The molecule has 0 bridgehead atoms. The number of methoxy groups -OCH3 is 1. The Kier molecular flexibility index (Phi) is 8.17. The van der Waals surface area contributed by atoms with Crippen LogP contribution >= 0.6 is 11.6 Å². The summed E-state index contributed by atoms with van der Waals surface area (Å²) in [5.74, 6) is -1.17. The van der Waals surface area contributed by atoms with Gasteiger partial charge in [-0.3, -0.25) is 19.3 Å². The molecule has 1 atom stereocenters. The van der Waals surface area contributed by atoms with E-state index in [9.17, 15) is 18.8 Å². The van der Waals surface area contributed by atoms with Crippen molar-refractivity contribution < 1.29 is 18.7 Å². The van der Waals surface area contributed by atoms with Gasteiger partial charge in [-0.1, -0.05) is 30.7 Å². The first-order valence-electron chi connectivity index (χ1n) is 11.4. The van der Waals surface area contributed by atoms with Crippen LogP contribution in [0, 0.1) is 11.7 Å². The van der Waals surface area contributed by atoms with E-state index in [1.807, 2.05) is 0 Å². The number of aromatic nitrogens is 4. The zero-order valence-corrected chi connectivity index (χ0v) is 21.2. The average molecular weight is 540 g/mol. The van der Waals surface area contributed by atoms with E-state index < -0.39 is 29.1 Å². The molecule has 0 radical (unpaired) electrons. The number of H-pyrrole nitrogens is 1. The summed E-state index contributed by atoms with van der Waals surface area (Å²) >= 11 is 5.99. The second-order valence-electron chi connectivity index (χ2n) is 8.33. The molecule has 2 aromatic heterocycles. The van der Waals surface area contributed by atoms with Gasteiger partial charge in [-0.15, -0.1) is 0 Å². The number of carbonyl (C=O) groups is 1. The number of hydrogen-bond acceptors (Lipinski definition) is 7. The lowest BCUT2D eigenvalue weighted by molar-refractivity contribution is -0.145. The summed E-state index contributed by atoms with van der Waals surface area (Å²) in [7, 11) is 1.24. The topological polar surface area (TPSA) is 121 Å². The number of rotatable bonds is 8. The number of ether oxygens (including phenoxy) is 2. The van der Waals surface area contributed by atoms with Crippen molar-refractivity contribution in [2.45, 2.75) is 20.0 Å². The summed E-state index contributed by atoms with van der Waals surface area (Å²) in [5, 5.41) is 0.533. The molecule has 12 heteroatoms. The first-order chi connectivity index (χ1) is 18.2. The molecular weight excluding hydrogens is 517 g/mol. The Morgan fingerprint density at radius 1 is 1.08 bits per heavy atom. The Labute approximate surface area is 220 Å². The summed E-state index contributed by atoms with van der Waals surface area (Å²) in [5.41, 5.74) is -0.234. The van der Waals surface area contributed by atoms with Crippen molar-refractivity contribution in [3.05, 3.63) is 110 Å². The number of nitrogens with zero attached hydrogens (tertiary/aromatic N) is 4. The number of hydrogen-bond donors (Lipinski definition) is 1. The van der Waals surface area contributed by atoms with Crippen LogP contribution in [0.5, 0.6) is 11.5 Å². The average Bonchev–Trinajstić information content (AvgIpc) is 2.90. The maximum Gasteiger partial charge on any atom is 0.335 e. The third-order valence-electron chi connectivity index (χ3n) is 5.48. The summed E-state index contributed by atoms with van der Waals surface area (Å²) in [4.78, 5) is 49.0. The smallest absolute Gasteiger partial charge is 0.335 e. The molecule has 196 valence electrons. The predicted molar refractivity (Wildman–Crippen MR) is 137 cm³/mol. The number of esters is 1. The highest BCUT2D eigenvalue weighted by Crippen LogP contribution is 2.23. The summed E-state index contributed by atoms with van der Waals surface area (Å²) in [6.07, 6.45) is 2.45. The minimum Gasteiger partial charge on any atom is -0.469 e. The van der Waals surface area contributed by atoms with Crippen LogP contribution in [-0.4, -0.2) is 32.2 Å². The molecule has 10 nitrogen and oxygen atoms in total. The van der Waals surface area contributed by atoms with Gasteiger partial charge >= 0.3 is 17.3 Å². The molecule has 0 saturated carbocycles. The third kappa shape index (κ3) is 6.43.